The summed E-state index contributed by atoms with van der Waals surface area (Å²) in [5.41, 5.74) is 12.8. The molecule has 3 rings (SSSR count). The van der Waals surface area contributed by atoms with Gasteiger partial charge >= 0.3 is 0 Å². The number of anilines is 1. The fraction of sp³-hybridized carbons (Fsp3) is 0.238. The van der Waals surface area contributed by atoms with Crippen LogP contribution in [0.4, 0.5) is 5.69 Å². The van der Waals surface area contributed by atoms with Crippen LogP contribution in [0.15, 0.2) is 42.0 Å². The monoisotopic (exact) mass is 376 g/mol. The van der Waals surface area contributed by atoms with Crippen LogP contribution in [0.25, 0.3) is 16.0 Å². The molecule has 1 aliphatic rings. The quantitative estimate of drug-likeness (QED) is 0.385. The van der Waals surface area contributed by atoms with Crippen LogP contribution in [-0.2, 0) is 4.79 Å². The van der Waals surface area contributed by atoms with E-state index >= 15 is 0 Å². The molecule has 7 nitrogen and oxygen atoms in total. The number of azide groups is 1. The first kappa shape index (κ1) is 19.2. The van der Waals surface area contributed by atoms with E-state index in [0.29, 0.717) is 29.2 Å². The van der Waals surface area contributed by atoms with Crippen molar-refractivity contribution in [2.75, 3.05) is 18.5 Å². The largest absolute Gasteiger partial charge is 0.493 e. The van der Waals surface area contributed by atoms with Crippen molar-refractivity contribution in [1.29, 1.82) is 0 Å². The number of nitrogens with one attached hydrogen (secondary N) is 1. The number of carbonyl (C=O) groups excluding carboxylic acids is 2. The minimum atomic E-state index is -0.449. The van der Waals surface area contributed by atoms with Crippen LogP contribution >= 0.6 is 0 Å². The van der Waals surface area contributed by atoms with E-state index in [1.54, 1.807) is 24.3 Å². The van der Waals surface area contributed by atoms with Crippen LogP contribution in [0, 0.1) is 6.92 Å². The lowest BCUT2D eigenvalue weighted by Gasteiger charge is -2.25. The lowest BCUT2D eigenvalue weighted by molar-refractivity contribution is -0.114. The molecule has 2 aromatic rings. The topological polar surface area (TPSA) is 104 Å². The zero-order valence-electron chi connectivity index (χ0n) is 15.8. The highest BCUT2D eigenvalue weighted by Crippen LogP contribution is 2.42. The number of benzene rings is 2. The maximum atomic E-state index is 13.2. The summed E-state index contributed by atoms with van der Waals surface area (Å²) in [5.74, 6) is 0.0537. The fourth-order valence-corrected chi connectivity index (χ4v) is 3.37. The smallest absolute Gasteiger partial charge is 0.230 e. The molecular weight excluding hydrogens is 356 g/mol. The summed E-state index contributed by atoms with van der Waals surface area (Å²) >= 11 is 0. The van der Waals surface area contributed by atoms with Crippen molar-refractivity contribution >= 4 is 23.0 Å². The molecule has 0 aromatic heterocycles. The van der Waals surface area contributed by atoms with Gasteiger partial charge in [0.15, 0.2) is 5.78 Å². The highest BCUT2D eigenvalue weighted by molar-refractivity contribution is 6.20. The van der Waals surface area contributed by atoms with E-state index in [1.165, 1.54) is 0 Å². The summed E-state index contributed by atoms with van der Waals surface area (Å²) in [4.78, 5) is 27.6. The van der Waals surface area contributed by atoms with Gasteiger partial charge in [0.05, 0.1) is 6.61 Å². The Kier molecular flexibility index (Phi) is 5.47. The standard InChI is InChI=1S/C21H20N4O3/c1-4-8-28-17-7-5-6-15-20(17)13(3)19-12(2)9-14(10-16(19)21(15)27)24-18(26)11-23-25-22/h5-7,9-10H,3-4,8,11H2,1-2H3,(H,24,26). The second-order valence-corrected chi connectivity index (χ2v) is 6.49. The molecule has 1 aliphatic carbocycles. The molecule has 0 saturated heterocycles. The number of fused-ring (bicyclic) bond motifs is 2. The molecule has 0 spiro atoms. The first-order valence-corrected chi connectivity index (χ1v) is 8.93. The molecule has 142 valence electrons. The molecule has 1 N–H and O–H groups in total. The van der Waals surface area contributed by atoms with Gasteiger partial charge in [-0.2, -0.15) is 0 Å². The number of ketones is 1. The minimum Gasteiger partial charge on any atom is -0.493 e. The average Bonchev–Trinajstić information content (AvgIpc) is 2.68. The Bertz CT molecular complexity index is 1040. The van der Waals surface area contributed by atoms with E-state index in [-0.39, 0.29) is 12.3 Å². The second kappa shape index (κ2) is 7.98. The molecule has 0 saturated carbocycles. The van der Waals surface area contributed by atoms with Crippen molar-refractivity contribution in [2.24, 2.45) is 5.11 Å². The summed E-state index contributed by atoms with van der Waals surface area (Å²) in [5, 5.41) is 5.90. The van der Waals surface area contributed by atoms with Crippen molar-refractivity contribution in [3.8, 4) is 5.75 Å². The van der Waals surface area contributed by atoms with Crippen LogP contribution in [0.5, 0.6) is 5.75 Å². The third-order valence-corrected chi connectivity index (χ3v) is 4.48. The lowest BCUT2D eigenvalue weighted by Crippen LogP contribution is -2.19. The Morgan fingerprint density at radius 3 is 2.79 bits per heavy atom. The SMILES string of the molecule is C=C1c2c(C)cc(NC(=O)CN=[N+]=[N-])cc2C(=O)c2cccc(OCCC)c21. The number of carbonyl (C=O) groups is 2. The van der Waals surface area contributed by atoms with Crippen LogP contribution in [-0.4, -0.2) is 24.8 Å². The Labute approximate surface area is 162 Å². The summed E-state index contributed by atoms with van der Waals surface area (Å²) < 4.78 is 5.83. The van der Waals surface area contributed by atoms with Gasteiger partial charge in [-0.3, -0.25) is 9.59 Å². The summed E-state index contributed by atoms with van der Waals surface area (Å²) in [6.07, 6.45) is 0.860. The van der Waals surface area contributed by atoms with Gasteiger partial charge in [0.2, 0.25) is 5.91 Å². The second-order valence-electron chi connectivity index (χ2n) is 6.49. The highest BCUT2D eigenvalue weighted by Gasteiger charge is 2.30. The van der Waals surface area contributed by atoms with Gasteiger partial charge in [-0.25, -0.2) is 0 Å². The normalized spacial score (nSPS) is 11.9. The third-order valence-electron chi connectivity index (χ3n) is 4.48. The Morgan fingerprint density at radius 2 is 2.07 bits per heavy atom. The molecule has 0 aliphatic heterocycles. The zero-order valence-corrected chi connectivity index (χ0v) is 15.8. The molecule has 0 heterocycles. The van der Waals surface area contributed by atoms with Crippen LogP contribution in [0.2, 0.25) is 0 Å². The number of rotatable bonds is 6. The number of hydrogen-bond acceptors (Lipinski definition) is 4. The molecule has 1 amide bonds. The van der Waals surface area contributed by atoms with Gasteiger partial charge in [-0.1, -0.05) is 30.7 Å². The van der Waals surface area contributed by atoms with E-state index in [1.807, 2.05) is 19.9 Å². The van der Waals surface area contributed by atoms with Crippen LogP contribution < -0.4 is 10.1 Å². The summed E-state index contributed by atoms with van der Waals surface area (Å²) in [6, 6.07) is 8.79. The molecule has 0 radical (unpaired) electrons. The van der Waals surface area contributed by atoms with E-state index in [4.69, 9.17) is 10.3 Å². The van der Waals surface area contributed by atoms with Crippen molar-refractivity contribution < 1.29 is 14.3 Å². The number of amides is 1. The van der Waals surface area contributed by atoms with E-state index in [2.05, 4.69) is 21.9 Å². The Hall–Kier alpha value is -3.57. The van der Waals surface area contributed by atoms with Crippen molar-refractivity contribution in [3.63, 3.8) is 0 Å². The summed E-state index contributed by atoms with van der Waals surface area (Å²) in [7, 11) is 0. The van der Waals surface area contributed by atoms with Gasteiger partial charge in [0, 0.05) is 27.3 Å². The molecular formula is C21H20N4O3. The molecule has 28 heavy (non-hydrogen) atoms. The number of ether oxygens (including phenoxy) is 1. The molecule has 0 fully saturated rings. The van der Waals surface area contributed by atoms with Gasteiger partial charge in [-0.05, 0) is 53.8 Å². The fourth-order valence-electron chi connectivity index (χ4n) is 3.37. The van der Waals surface area contributed by atoms with Crippen molar-refractivity contribution in [3.05, 3.63) is 75.2 Å². The zero-order chi connectivity index (χ0) is 20.3. The predicted molar refractivity (Wildman–Crippen MR) is 108 cm³/mol. The molecule has 0 atom stereocenters. The maximum absolute atomic E-state index is 13.2. The van der Waals surface area contributed by atoms with E-state index < -0.39 is 5.91 Å². The highest BCUT2D eigenvalue weighted by atomic mass is 16.5. The first-order valence-electron chi connectivity index (χ1n) is 8.93. The van der Waals surface area contributed by atoms with Gasteiger partial charge in [0.1, 0.15) is 12.3 Å². The van der Waals surface area contributed by atoms with E-state index in [9.17, 15) is 9.59 Å². The third kappa shape index (κ3) is 3.48. The number of nitrogens with zero attached hydrogens (tertiary/aromatic N) is 3. The Balaban J connectivity index is 2.04. The molecule has 0 unspecified atom stereocenters. The molecule has 7 heteroatoms. The first-order chi connectivity index (χ1) is 13.5. The van der Waals surface area contributed by atoms with Gasteiger partial charge in [-0.15, -0.1) is 0 Å². The maximum Gasteiger partial charge on any atom is 0.230 e. The van der Waals surface area contributed by atoms with Crippen LogP contribution in [0.3, 0.4) is 0 Å². The lowest BCUT2D eigenvalue weighted by atomic mass is 9.79. The Morgan fingerprint density at radius 1 is 1.29 bits per heavy atom. The van der Waals surface area contributed by atoms with Gasteiger partial charge < -0.3 is 10.1 Å². The summed E-state index contributed by atoms with van der Waals surface area (Å²) in [6.45, 7) is 8.34. The number of aryl methyl sites for hydroxylation is 1. The predicted octanol–water partition coefficient (Wildman–Crippen LogP) is 4.64. The van der Waals surface area contributed by atoms with Gasteiger partial charge in [0.25, 0.3) is 0 Å². The minimum absolute atomic E-state index is 0.145. The number of hydrogen-bond donors (Lipinski definition) is 1. The molecule has 2 aromatic carbocycles. The van der Waals surface area contributed by atoms with Crippen LogP contribution in [0.1, 0.15) is 46.0 Å². The average molecular weight is 376 g/mol. The molecule has 0 bridgehead atoms. The van der Waals surface area contributed by atoms with Crippen molar-refractivity contribution in [1.82, 2.24) is 0 Å². The van der Waals surface area contributed by atoms with Crippen molar-refractivity contribution in [2.45, 2.75) is 20.3 Å². The van der Waals surface area contributed by atoms with E-state index in [0.717, 1.165) is 28.7 Å².